The second-order valence-corrected chi connectivity index (χ2v) is 5.87. The molecule has 0 spiro atoms. The van der Waals surface area contributed by atoms with E-state index in [1.165, 1.54) is 11.3 Å². The van der Waals surface area contributed by atoms with E-state index >= 15 is 0 Å². The van der Waals surface area contributed by atoms with Crippen molar-refractivity contribution in [1.29, 1.82) is 0 Å². The van der Waals surface area contributed by atoms with Gasteiger partial charge in [-0.2, -0.15) is 0 Å². The quantitative estimate of drug-likeness (QED) is 0.842. The Balaban J connectivity index is 2.15. The minimum atomic E-state index is 0.282. The smallest absolute Gasteiger partial charge is 0.0721 e. The summed E-state index contributed by atoms with van der Waals surface area (Å²) in [6, 6.07) is 6.20. The number of nitrogens with one attached hydrogen (secondary N) is 1. The van der Waals surface area contributed by atoms with Crippen LogP contribution in [0.1, 0.15) is 32.3 Å². The van der Waals surface area contributed by atoms with Crippen molar-refractivity contribution < 1.29 is 4.74 Å². The molecule has 1 aromatic carbocycles. The zero-order chi connectivity index (χ0) is 14.4. The Morgan fingerprint density at radius 2 is 2.30 bits per heavy atom. The lowest BCUT2D eigenvalue weighted by Crippen LogP contribution is -2.31. The lowest BCUT2D eigenvalue weighted by Gasteiger charge is -2.27. The molecule has 0 amide bonds. The van der Waals surface area contributed by atoms with Gasteiger partial charge in [-0.1, -0.05) is 18.5 Å². The molecule has 0 aliphatic carbocycles. The molecule has 1 aromatic rings. The number of halogens is 1. The molecule has 112 valence electrons. The Morgan fingerprint density at radius 3 is 3.10 bits per heavy atom. The molecule has 0 bridgehead atoms. The number of benzene rings is 1. The van der Waals surface area contributed by atoms with E-state index in [1.54, 1.807) is 0 Å². The fraction of sp³-hybridized carbons (Fsp3) is 0.625. The highest BCUT2D eigenvalue weighted by atomic mass is 35.5. The molecule has 3 nitrogen and oxygen atoms in total. The molecule has 1 saturated heterocycles. The van der Waals surface area contributed by atoms with E-state index in [4.69, 9.17) is 16.3 Å². The van der Waals surface area contributed by atoms with Gasteiger partial charge >= 0.3 is 0 Å². The predicted molar refractivity (Wildman–Crippen MR) is 85.7 cm³/mol. The van der Waals surface area contributed by atoms with Gasteiger partial charge < -0.3 is 15.0 Å². The van der Waals surface area contributed by atoms with Gasteiger partial charge in [0.05, 0.1) is 6.10 Å². The van der Waals surface area contributed by atoms with Crippen LogP contribution in [0.5, 0.6) is 0 Å². The normalized spacial score (nSPS) is 19.9. The maximum absolute atomic E-state index is 6.16. The van der Waals surface area contributed by atoms with Crippen molar-refractivity contribution >= 4 is 17.3 Å². The molecule has 4 heteroatoms. The summed E-state index contributed by atoms with van der Waals surface area (Å²) in [6.07, 6.45) is 2.50. The monoisotopic (exact) mass is 296 g/mol. The largest absolute Gasteiger partial charge is 0.377 e. The second kappa shape index (κ2) is 7.87. The summed E-state index contributed by atoms with van der Waals surface area (Å²) >= 11 is 6.16. The summed E-state index contributed by atoms with van der Waals surface area (Å²) in [5.41, 5.74) is 2.57. The van der Waals surface area contributed by atoms with Crippen molar-refractivity contribution in [2.24, 2.45) is 0 Å². The van der Waals surface area contributed by atoms with Crippen molar-refractivity contribution in [2.45, 2.75) is 39.3 Å². The van der Waals surface area contributed by atoms with E-state index in [2.05, 4.69) is 36.2 Å². The number of hydrogen-bond acceptors (Lipinski definition) is 3. The van der Waals surface area contributed by atoms with Crippen LogP contribution in [0.4, 0.5) is 5.69 Å². The Hall–Kier alpha value is -0.770. The number of rotatable bonds is 5. The first-order chi connectivity index (χ1) is 9.70. The molecule has 1 atom stereocenters. The first-order valence-corrected chi connectivity index (χ1v) is 7.94. The van der Waals surface area contributed by atoms with E-state index in [9.17, 15) is 0 Å². The highest BCUT2D eigenvalue weighted by molar-refractivity contribution is 6.30. The van der Waals surface area contributed by atoms with Crippen LogP contribution in [0.25, 0.3) is 0 Å². The summed E-state index contributed by atoms with van der Waals surface area (Å²) < 4.78 is 5.73. The van der Waals surface area contributed by atoms with Gasteiger partial charge in [0.25, 0.3) is 0 Å². The highest BCUT2D eigenvalue weighted by Gasteiger charge is 2.17. The van der Waals surface area contributed by atoms with Crippen LogP contribution in [0.3, 0.4) is 0 Å². The van der Waals surface area contributed by atoms with Crippen LogP contribution in [0.2, 0.25) is 5.02 Å². The van der Waals surface area contributed by atoms with Gasteiger partial charge in [0, 0.05) is 37.0 Å². The lowest BCUT2D eigenvalue weighted by atomic mass is 10.1. The van der Waals surface area contributed by atoms with Crippen molar-refractivity contribution in [1.82, 2.24) is 5.32 Å². The van der Waals surface area contributed by atoms with Gasteiger partial charge in [0.15, 0.2) is 0 Å². The van der Waals surface area contributed by atoms with Gasteiger partial charge in [-0.15, -0.1) is 0 Å². The predicted octanol–water partition coefficient (Wildman–Crippen LogP) is 3.45. The van der Waals surface area contributed by atoms with Crippen LogP contribution in [0.15, 0.2) is 18.2 Å². The molecular formula is C16H25ClN2O. The SMILES string of the molecule is CCCNCc1cc(Cl)ccc1N1CCCOC(C)C1. The first kappa shape index (κ1) is 15.6. The highest BCUT2D eigenvalue weighted by Crippen LogP contribution is 2.26. The Kier molecular flexibility index (Phi) is 6.14. The van der Waals surface area contributed by atoms with E-state index in [-0.39, 0.29) is 6.10 Å². The van der Waals surface area contributed by atoms with Crippen LogP contribution in [0, 0.1) is 0 Å². The average molecular weight is 297 g/mol. The van der Waals surface area contributed by atoms with Crippen molar-refractivity contribution in [3.05, 3.63) is 28.8 Å². The molecule has 1 N–H and O–H groups in total. The molecule has 1 aliphatic rings. The number of ether oxygens (including phenoxy) is 1. The summed E-state index contributed by atoms with van der Waals surface area (Å²) in [5.74, 6) is 0. The molecule has 20 heavy (non-hydrogen) atoms. The summed E-state index contributed by atoms with van der Waals surface area (Å²) in [5, 5.41) is 4.27. The van der Waals surface area contributed by atoms with Crippen LogP contribution in [-0.2, 0) is 11.3 Å². The third kappa shape index (κ3) is 4.37. The van der Waals surface area contributed by atoms with Crippen LogP contribution >= 0.6 is 11.6 Å². The zero-order valence-electron chi connectivity index (χ0n) is 12.5. The molecular weight excluding hydrogens is 272 g/mol. The second-order valence-electron chi connectivity index (χ2n) is 5.43. The number of hydrogen-bond donors (Lipinski definition) is 1. The summed E-state index contributed by atoms with van der Waals surface area (Å²) in [4.78, 5) is 2.43. The molecule has 0 aromatic heterocycles. The molecule has 2 rings (SSSR count). The van der Waals surface area contributed by atoms with Gasteiger partial charge in [0.2, 0.25) is 0 Å². The van der Waals surface area contributed by atoms with Gasteiger partial charge in [0.1, 0.15) is 0 Å². The van der Waals surface area contributed by atoms with Crippen molar-refractivity contribution in [3.63, 3.8) is 0 Å². The third-order valence-electron chi connectivity index (χ3n) is 3.58. The van der Waals surface area contributed by atoms with Crippen LogP contribution in [-0.4, -0.2) is 32.3 Å². The topological polar surface area (TPSA) is 24.5 Å². The number of anilines is 1. The molecule has 1 heterocycles. The summed E-state index contributed by atoms with van der Waals surface area (Å²) in [7, 11) is 0. The Labute approximate surface area is 127 Å². The molecule has 1 aliphatic heterocycles. The fourth-order valence-electron chi connectivity index (χ4n) is 2.62. The molecule has 0 saturated carbocycles. The Bertz CT molecular complexity index is 425. The van der Waals surface area contributed by atoms with E-state index in [1.807, 2.05) is 6.07 Å². The van der Waals surface area contributed by atoms with Gasteiger partial charge in [-0.25, -0.2) is 0 Å². The lowest BCUT2D eigenvalue weighted by molar-refractivity contribution is 0.0821. The van der Waals surface area contributed by atoms with Gasteiger partial charge in [-0.3, -0.25) is 0 Å². The molecule has 0 radical (unpaired) electrons. The van der Waals surface area contributed by atoms with Crippen molar-refractivity contribution in [2.75, 3.05) is 31.1 Å². The minimum Gasteiger partial charge on any atom is -0.377 e. The van der Waals surface area contributed by atoms with Crippen LogP contribution < -0.4 is 10.2 Å². The standard InChI is InChI=1S/C16H25ClN2O/c1-3-7-18-11-14-10-15(17)5-6-16(14)19-8-4-9-20-13(2)12-19/h5-6,10,13,18H,3-4,7-9,11-12H2,1-2H3. The number of nitrogens with zero attached hydrogens (tertiary/aromatic N) is 1. The first-order valence-electron chi connectivity index (χ1n) is 7.56. The minimum absolute atomic E-state index is 0.282. The van der Waals surface area contributed by atoms with Gasteiger partial charge in [-0.05, 0) is 50.1 Å². The van der Waals surface area contributed by atoms with Crippen molar-refractivity contribution in [3.8, 4) is 0 Å². The average Bonchev–Trinajstić information content (AvgIpc) is 2.64. The molecule has 1 fully saturated rings. The Morgan fingerprint density at radius 1 is 1.45 bits per heavy atom. The zero-order valence-corrected chi connectivity index (χ0v) is 13.2. The maximum atomic E-state index is 6.16. The van der Waals surface area contributed by atoms with E-state index in [0.717, 1.165) is 50.7 Å². The van der Waals surface area contributed by atoms with E-state index < -0.39 is 0 Å². The van der Waals surface area contributed by atoms with E-state index in [0.29, 0.717) is 0 Å². The molecule has 1 unspecified atom stereocenters. The maximum Gasteiger partial charge on any atom is 0.0721 e. The third-order valence-corrected chi connectivity index (χ3v) is 3.81. The fourth-order valence-corrected chi connectivity index (χ4v) is 2.81. The summed E-state index contributed by atoms with van der Waals surface area (Å²) in [6.45, 7) is 9.08.